The van der Waals surface area contributed by atoms with Crippen LogP contribution in [-0.2, 0) is 16.6 Å². The SMILES string of the molecule is CCCNC(=O)c1cn(CC)nc1S(=O)(=O)N1CCSCC1. The van der Waals surface area contributed by atoms with Gasteiger partial charge >= 0.3 is 0 Å². The lowest BCUT2D eigenvalue weighted by Gasteiger charge is -2.24. The van der Waals surface area contributed by atoms with Crippen LogP contribution in [0.15, 0.2) is 11.2 Å². The lowest BCUT2D eigenvalue weighted by atomic mass is 10.3. The van der Waals surface area contributed by atoms with Gasteiger partial charge in [-0.25, -0.2) is 8.42 Å². The van der Waals surface area contributed by atoms with Crippen LogP contribution in [0, 0.1) is 0 Å². The average molecular weight is 346 g/mol. The van der Waals surface area contributed by atoms with E-state index in [9.17, 15) is 13.2 Å². The van der Waals surface area contributed by atoms with Crippen molar-refractivity contribution in [3.63, 3.8) is 0 Å². The van der Waals surface area contributed by atoms with Crippen LogP contribution < -0.4 is 5.32 Å². The molecule has 1 saturated heterocycles. The van der Waals surface area contributed by atoms with E-state index in [4.69, 9.17) is 0 Å². The molecule has 1 amide bonds. The molecule has 7 nitrogen and oxygen atoms in total. The summed E-state index contributed by atoms with van der Waals surface area (Å²) in [4.78, 5) is 12.2. The van der Waals surface area contributed by atoms with Gasteiger partial charge in [0.2, 0.25) is 5.03 Å². The average Bonchev–Trinajstić information content (AvgIpc) is 2.98. The number of aromatic nitrogens is 2. The fraction of sp³-hybridized carbons (Fsp3) is 0.692. The van der Waals surface area contributed by atoms with E-state index in [1.54, 1.807) is 11.8 Å². The molecular weight excluding hydrogens is 324 g/mol. The molecule has 124 valence electrons. The Labute approximate surface area is 135 Å². The quantitative estimate of drug-likeness (QED) is 0.823. The van der Waals surface area contributed by atoms with Gasteiger partial charge in [0.1, 0.15) is 0 Å². The number of hydrogen-bond donors (Lipinski definition) is 1. The lowest BCUT2D eigenvalue weighted by molar-refractivity contribution is 0.0950. The molecule has 1 aromatic rings. The van der Waals surface area contributed by atoms with E-state index in [0.717, 1.165) is 17.9 Å². The Morgan fingerprint density at radius 2 is 2.05 bits per heavy atom. The third-order valence-corrected chi connectivity index (χ3v) is 6.16. The molecule has 9 heteroatoms. The Morgan fingerprint density at radius 3 is 2.64 bits per heavy atom. The topological polar surface area (TPSA) is 84.3 Å². The molecule has 1 fully saturated rings. The number of amides is 1. The molecule has 0 atom stereocenters. The first-order valence-corrected chi connectivity index (χ1v) is 10.0. The summed E-state index contributed by atoms with van der Waals surface area (Å²) in [5.41, 5.74) is 0.133. The maximum Gasteiger partial charge on any atom is 0.263 e. The highest BCUT2D eigenvalue weighted by Crippen LogP contribution is 2.22. The fourth-order valence-corrected chi connectivity index (χ4v) is 4.83. The van der Waals surface area contributed by atoms with Gasteiger partial charge in [0, 0.05) is 43.9 Å². The summed E-state index contributed by atoms with van der Waals surface area (Å²) in [6, 6.07) is 0. The Bertz CT molecular complexity index is 621. The Hall–Kier alpha value is -1.06. The maximum absolute atomic E-state index is 12.8. The molecule has 0 unspecified atom stereocenters. The van der Waals surface area contributed by atoms with Crippen molar-refractivity contribution in [2.45, 2.75) is 31.8 Å². The van der Waals surface area contributed by atoms with Gasteiger partial charge < -0.3 is 5.32 Å². The summed E-state index contributed by atoms with van der Waals surface area (Å²) in [5, 5.41) is 6.72. The largest absolute Gasteiger partial charge is 0.352 e. The maximum atomic E-state index is 12.8. The molecule has 0 bridgehead atoms. The summed E-state index contributed by atoms with van der Waals surface area (Å²) in [6.07, 6.45) is 2.30. The number of sulfonamides is 1. The van der Waals surface area contributed by atoms with E-state index < -0.39 is 10.0 Å². The number of aryl methyl sites for hydroxylation is 1. The Morgan fingerprint density at radius 1 is 1.36 bits per heavy atom. The van der Waals surface area contributed by atoms with Gasteiger partial charge in [-0.05, 0) is 13.3 Å². The highest BCUT2D eigenvalue weighted by atomic mass is 32.2. The summed E-state index contributed by atoms with van der Waals surface area (Å²) in [5.74, 6) is 1.15. The van der Waals surface area contributed by atoms with E-state index in [1.807, 2.05) is 13.8 Å². The minimum Gasteiger partial charge on any atom is -0.352 e. The zero-order valence-electron chi connectivity index (χ0n) is 12.9. The zero-order valence-corrected chi connectivity index (χ0v) is 14.5. The summed E-state index contributed by atoms with van der Waals surface area (Å²) in [6.45, 7) is 5.74. The van der Waals surface area contributed by atoms with Gasteiger partial charge in [-0.1, -0.05) is 6.92 Å². The van der Waals surface area contributed by atoms with Crippen LogP contribution in [0.5, 0.6) is 0 Å². The molecule has 2 heterocycles. The second-order valence-electron chi connectivity index (χ2n) is 4.98. The summed E-state index contributed by atoms with van der Waals surface area (Å²) in [7, 11) is -3.72. The molecule has 1 aliphatic rings. The highest BCUT2D eigenvalue weighted by molar-refractivity contribution is 7.99. The number of nitrogens with zero attached hydrogens (tertiary/aromatic N) is 3. The second kappa shape index (κ2) is 7.47. The van der Waals surface area contributed by atoms with Gasteiger partial charge in [-0.3, -0.25) is 9.48 Å². The predicted molar refractivity (Wildman–Crippen MR) is 86.6 cm³/mol. The molecule has 0 aliphatic carbocycles. The fourth-order valence-electron chi connectivity index (χ4n) is 2.15. The first-order chi connectivity index (χ1) is 10.5. The van der Waals surface area contributed by atoms with Crippen molar-refractivity contribution >= 4 is 27.7 Å². The third-order valence-electron chi connectivity index (χ3n) is 3.39. The van der Waals surface area contributed by atoms with Crippen molar-refractivity contribution in [2.75, 3.05) is 31.1 Å². The molecule has 2 rings (SSSR count). The normalized spacial score (nSPS) is 16.6. The van der Waals surface area contributed by atoms with Crippen LogP contribution in [0.2, 0.25) is 0 Å². The molecular formula is C13H22N4O3S2. The minimum atomic E-state index is -3.72. The first kappa shape index (κ1) is 17.3. The van der Waals surface area contributed by atoms with E-state index in [0.29, 0.717) is 26.2 Å². The number of thioether (sulfide) groups is 1. The monoisotopic (exact) mass is 346 g/mol. The van der Waals surface area contributed by atoms with E-state index in [1.165, 1.54) is 15.2 Å². The third kappa shape index (κ3) is 3.64. The van der Waals surface area contributed by atoms with E-state index >= 15 is 0 Å². The highest BCUT2D eigenvalue weighted by Gasteiger charge is 2.33. The number of rotatable bonds is 6. The van der Waals surface area contributed by atoms with Crippen molar-refractivity contribution in [2.24, 2.45) is 0 Å². The van der Waals surface area contributed by atoms with Crippen molar-refractivity contribution < 1.29 is 13.2 Å². The number of nitrogens with one attached hydrogen (secondary N) is 1. The van der Waals surface area contributed by atoms with Crippen LogP contribution in [-0.4, -0.2) is 59.6 Å². The van der Waals surface area contributed by atoms with Gasteiger partial charge in [-0.2, -0.15) is 21.2 Å². The second-order valence-corrected chi connectivity index (χ2v) is 8.05. The van der Waals surface area contributed by atoms with Crippen LogP contribution in [0.25, 0.3) is 0 Å². The van der Waals surface area contributed by atoms with Crippen LogP contribution in [0.3, 0.4) is 0 Å². The Kier molecular flexibility index (Phi) is 5.87. The first-order valence-electron chi connectivity index (χ1n) is 7.44. The van der Waals surface area contributed by atoms with Crippen molar-refractivity contribution in [3.8, 4) is 0 Å². The Balaban J connectivity index is 2.35. The van der Waals surface area contributed by atoms with Gasteiger partial charge in [0.25, 0.3) is 15.9 Å². The number of hydrogen-bond acceptors (Lipinski definition) is 5. The van der Waals surface area contributed by atoms with Gasteiger partial charge in [0.15, 0.2) is 0 Å². The molecule has 0 spiro atoms. The summed E-state index contributed by atoms with van der Waals surface area (Å²) >= 11 is 1.73. The van der Waals surface area contributed by atoms with Crippen molar-refractivity contribution in [1.29, 1.82) is 0 Å². The number of carbonyl (C=O) groups is 1. The van der Waals surface area contributed by atoms with Crippen molar-refractivity contribution in [1.82, 2.24) is 19.4 Å². The van der Waals surface area contributed by atoms with Gasteiger partial charge in [0.05, 0.1) is 5.56 Å². The lowest BCUT2D eigenvalue weighted by Crippen LogP contribution is -2.39. The smallest absolute Gasteiger partial charge is 0.263 e. The van der Waals surface area contributed by atoms with E-state index in [-0.39, 0.29) is 16.5 Å². The molecule has 0 saturated carbocycles. The van der Waals surface area contributed by atoms with Crippen molar-refractivity contribution in [3.05, 3.63) is 11.8 Å². The summed E-state index contributed by atoms with van der Waals surface area (Å²) < 4.78 is 28.5. The number of carbonyl (C=O) groups excluding carboxylic acids is 1. The molecule has 0 radical (unpaired) electrons. The van der Waals surface area contributed by atoms with Crippen LogP contribution >= 0.6 is 11.8 Å². The van der Waals surface area contributed by atoms with Crippen LogP contribution in [0.1, 0.15) is 30.6 Å². The zero-order chi connectivity index (χ0) is 16.2. The van der Waals surface area contributed by atoms with Gasteiger partial charge in [-0.15, -0.1) is 0 Å². The molecule has 1 N–H and O–H groups in total. The molecule has 1 aromatic heterocycles. The molecule has 22 heavy (non-hydrogen) atoms. The predicted octanol–water partition coefficient (Wildman–Crippen LogP) is 0.780. The molecule has 0 aromatic carbocycles. The van der Waals surface area contributed by atoms with E-state index in [2.05, 4.69) is 10.4 Å². The van der Waals surface area contributed by atoms with Crippen LogP contribution in [0.4, 0.5) is 0 Å². The standard InChI is InChI=1S/C13H22N4O3S2/c1-3-5-14-12(18)11-10-16(4-2)15-13(11)22(19,20)17-6-8-21-9-7-17/h10H,3-9H2,1-2H3,(H,14,18). The molecule has 1 aliphatic heterocycles. The minimum absolute atomic E-state index is 0.130.